The Kier molecular flexibility index (Phi) is 3.95. The molecule has 0 aliphatic carbocycles. The molecular weight excluding hydrogens is 258 g/mol. The van der Waals surface area contributed by atoms with Crippen molar-refractivity contribution < 1.29 is 4.74 Å². The Balaban J connectivity index is 2.63. The molecule has 0 aromatic carbocycles. The van der Waals surface area contributed by atoms with Crippen molar-refractivity contribution in [1.82, 2.24) is 15.0 Å². The van der Waals surface area contributed by atoms with Gasteiger partial charge in [-0.3, -0.25) is 4.98 Å². The SMILES string of the molecule is COc1cncc(-c2[nH]c(C(C)C)nc(=S)c2C)c1. The summed E-state index contributed by atoms with van der Waals surface area (Å²) in [5.74, 6) is 1.90. The minimum Gasteiger partial charge on any atom is -0.495 e. The van der Waals surface area contributed by atoms with Crippen molar-refractivity contribution in [3.05, 3.63) is 34.5 Å². The molecule has 100 valence electrons. The first kappa shape index (κ1) is 13.7. The molecule has 0 saturated carbocycles. The van der Waals surface area contributed by atoms with Crippen molar-refractivity contribution in [3.8, 4) is 17.0 Å². The first-order valence-electron chi connectivity index (χ1n) is 6.13. The molecule has 0 fully saturated rings. The molecule has 2 aromatic rings. The Labute approximate surface area is 117 Å². The van der Waals surface area contributed by atoms with Gasteiger partial charge in [-0.15, -0.1) is 0 Å². The van der Waals surface area contributed by atoms with Gasteiger partial charge < -0.3 is 9.72 Å². The molecule has 19 heavy (non-hydrogen) atoms. The van der Waals surface area contributed by atoms with Gasteiger partial charge in [0.05, 0.1) is 19.0 Å². The van der Waals surface area contributed by atoms with Crippen LogP contribution in [-0.4, -0.2) is 22.1 Å². The van der Waals surface area contributed by atoms with Crippen molar-refractivity contribution in [3.63, 3.8) is 0 Å². The number of ether oxygens (including phenoxy) is 1. The van der Waals surface area contributed by atoms with Crippen LogP contribution in [0.25, 0.3) is 11.3 Å². The highest BCUT2D eigenvalue weighted by atomic mass is 32.1. The van der Waals surface area contributed by atoms with E-state index in [0.717, 1.165) is 28.4 Å². The Bertz CT molecular complexity index is 649. The number of aromatic nitrogens is 3. The number of rotatable bonds is 3. The minimum absolute atomic E-state index is 0.291. The van der Waals surface area contributed by atoms with Crippen molar-refractivity contribution in [2.75, 3.05) is 7.11 Å². The molecule has 0 unspecified atom stereocenters. The van der Waals surface area contributed by atoms with E-state index in [1.54, 1.807) is 19.5 Å². The summed E-state index contributed by atoms with van der Waals surface area (Å²) in [6, 6.07) is 1.94. The summed E-state index contributed by atoms with van der Waals surface area (Å²) in [5, 5.41) is 0. The van der Waals surface area contributed by atoms with E-state index in [1.807, 2.05) is 13.0 Å². The molecular formula is C14H17N3OS. The van der Waals surface area contributed by atoms with Crippen LogP contribution in [0.1, 0.15) is 31.2 Å². The second-order valence-corrected chi connectivity index (χ2v) is 5.08. The Morgan fingerprint density at radius 1 is 1.32 bits per heavy atom. The summed E-state index contributed by atoms with van der Waals surface area (Å²) < 4.78 is 5.83. The van der Waals surface area contributed by atoms with E-state index >= 15 is 0 Å². The van der Waals surface area contributed by atoms with Crippen LogP contribution < -0.4 is 4.74 Å². The molecule has 2 rings (SSSR count). The van der Waals surface area contributed by atoms with Gasteiger partial charge in [0.1, 0.15) is 16.2 Å². The van der Waals surface area contributed by atoms with E-state index in [1.165, 1.54) is 0 Å². The molecule has 0 aliphatic rings. The lowest BCUT2D eigenvalue weighted by Crippen LogP contribution is -2.02. The fraction of sp³-hybridized carbons (Fsp3) is 0.357. The number of methoxy groups -OCH3 is 1. The predicted octanol–water partition coefficient (Wildman–Crippen LogP) is 3.64. The predicted molar refractivity (Wildman–Crippen MR) is 78.0 cm³/mol. The minimum atomic E-state index is 0.291. The standard InChI is InChI=1S/C14H17N3OS/c1-8(2)13-16-12(9(3)14(19)17-13)10-5-11(18-4)7-15-6-10/h5-8H,1-4H3,(H,16,17,19). The van der Waals surface area contributed by atoms with E-state index in [-0.39, 0.29) is 0 Å². The van der Waals surface area contributed by atoms with E-state index < -0.39 is 0 Å². The van der Waals surface area contributed by atoms with Gasteiger partial charge in [-0.05, 0) is 13.0 Å². The molecule has 4 nitrogen and oxygen atoms in total. The molecule has 0 aliphatic heterocycles. The molecule has 0 amide bonds. The van der Waals surface area contributed by atoms with Crippen LogP contribution in [0, 0.1) is 11.6 Å². The lowest BCUT2D eigenvalue weighted by molar-refractivity contribution is 0.413. The number of H-pyrrole nitrogens is 1. The topological polar surface area (TPSA) is 50.8 Å². The van der Waals surface area contributed by atoms with Gasteiger partial charge >= 0.3 is 0 Å². The number of aromatic amines is 1. The number of pyridine rings is 1. The average molecular weight is 275 g/mol. The monoisotopic (exact) mass is 275 g/mol. The van der Waals surface area contributed by atoms with E-state index in [9.17, 15) is 0 Å². The Morgan fingerprint density at radius 2 is 2.05 bits per heavy atom. The summed E-state index contributed by atoms with van der Waals surface area (Å²) in [6.45, 7) is 6.12. The molecule has 0 spiro atoms. The van der Waals surface area contributed by atoms with Gasteiger partial charge in [0, 0.05) is 23.2 Å². The maximum Gasteiger partial charge on any atom is 0.137 e. The van der Waals surface area contributed by atoms with E-state index in [2.05, 4.69) is 28.8 Å². The summed E-state index contributed by atoms with van der Waals surface area (Å²) >= 11 is 5.33. The third-order valence-corrected chi connectivity index (χ3v) is 3.35. The van der Waals surface area contributed by atoms with Gasteiger partial charge in [-0.25, -0.2) is 4.98 Å². The van der Waals surface area contributed by atoms with Crippen LogP contribution in [0.2, 0.25) is 0 Å². The molecule has 0 saturated heterocycles. The summed E-state index contributed by atoms with van der Waals surface area (Å²) in [4.78, 5) is 11.9. The lowest BCUT2D eigenvalue weighted by Gasteiger charge is -2.12. The van der Waals surface area contributed by atoms with Crippen LogP contribution >= 0.6 is 12.2 Å². The molecule has 2 heterocycles. The zero-order valence-electron chi connectivity index (χ0n) is 11.5. The van der Waals surface area contributed by atoms with Crippen molar-refractivity contribution >= 4 is 12.2 Å². The van der Waals surface area contributed by atoms with Gasteiger partial charge in [-0.2, -0.15) is 0 Å². The van der Waals surface area contributed by atoms with Crippen LogP contribution in [0.15, 0.2) is 18.5 Å². The number of nitrogens with zero attached hydrogens (tertiary/aromatic N) is 2. The molecule has 1 N–H and O–H groups in total. The third-order valence-electron chi connectivity index (χ3n) is 2.96. The van der Waals surface area contributed by atoms with Crippen molar-refractivity contribution in [1.29, 1.82) is 0 Å². The highest BCUT2D eigenvalue weighted by Crippen LogP contribution is 2.25. The van der Waals surface area contributed by atoms with Crippen LogP contribution in [0.4, 0.5) is 0 Å². The van der Waals surface area contributed by atoms with Gasteiger partial charge in [0.2, 0.25) is 0 Å². The summed E-state index contributed by atoms with van der Waals surface area (Å²) in [7, 11) is 1.63. The maximum absolute atomic E-state index is 5.33. The smallest absolute Gasteiger partial charge is 0.137 e. The maximum atomic E-state index is 5.33. The van der Waals surface area contributed by atoms with E-state index in [0.29, 0.717) is 10.6 Å². The second kappa shape index (κ2) is 5.48. The number of hydrogen-bond donors (Lipinski definition) is 1. The summed E-state index contributed by atoms with van der Waals surface area (Å²) in [6.07, 6.45) is 3.47. The first-order valence-corrected chi connectivity index (χ1v) is 6.54. The zero-order valence-corrected chi connectivity index (χ0v) is 12.3. The largest absolute Gasteiger partial charge is 0.495 e. The van der Waals surface area contributed by atoms with Crippen molar-refractivity contribution in [2.45, 2.75) is 26.7 Å². The lowest BCUT2D eigenvalue weighted by atomic mass is 10.1. The second-order valence-electron chi connectivity index (χ2n) is 4.70. The van der Waals surface area contributed by atoms with Gasteiger partial charge in [0.25, 0.3) is 0 Å². The zero-order chi connectivity index (χ0) is 14.0. The van der Waals surface area contributed by atoms with Gasteiger partial charge in [-0.1, -0.05) is 26.1 Å². The number of nitrogens with one attached hydrogen (secondary N) is 1. The average Bonchev–Trinajstić information content (AvgIpc) is 2.41. The van der Waals surface area contributed by atoms with Crippen LogP contribution in [0.3, 0.4) is 0 Å². The van der Waals surface area contributed by atoms with Crippen LogP contribution in [-0.2, 0) is 0 Å². The van der Waals surface area contributed by atoms with E-state index in [4.69, 9.17) is 17.0 Å². The first-order chi connectivity index (χ1) is 9.02. The van der Waals surface area contributed by atoms with Crippen LogP contribution in [0.5, 0.6) is 5.75 Å². The van der Waals surface area contributed by atoms with Gasteiger partial charge in [0.15, 0.2) is 0 Å². The highest BCUT2D eigenvalue weighted by Gasteiger charge is 2.10. The molecule has 2 aromatic heterocycles. The third kappa shape index (κ3) is 2.81. The Morgan fingerprint density at radius 3 is 2.68 bits per heavy atom. The summed E-state index contributed by atoms with van der Waals surface area (Å²) in [5.41, 5.74) is 2.86. The highest BCUT2D eigenvalue weighted by molar-refractivity contribution is 7.71. The quantitative estimate of drug-likeness (QED) is 0.869. The Hall–Kier alpha value is -1.75. The fourth-order valence-electron chi connectivity index (χ4n) is 1.78. The molecule has 0 atom stereocenters. The number of hydrogen-bond acceptors (Lipinski definition) is 4. The molecule has 5 heteroatoms. The normalized spacial score (nSPS) is 10.8. The molecule has 0 radical (unpaired) electrons. The molecule has 0 bridgehead atoms. The van der Waals surface area contributed by atoms with Crippen molar-refractivity contribution in [2.24, 2.45) is 0 Å². The fourth-order valence-corrected chi connectivity index (χ4v) is 1.98.